The Balaban J connectivity index is 2.32. The number of aromatic nitrogens is 1. The highest BCUT2D eigenvalue weighted by Crippen LogP contribution is 2.28. The number of rotatable bonds is 4. The topological polar surface area (TPSA) is 70.5 Å². The van der Waals surface area contributed by atoms with Crippen molar-refractivity contribution in [3.05, 3.63) is 24.1 Å². The zero-order chi connectivity index (χ0) is 14.0. The molecule has 106 valence electrons. The molecule has 0 spiro atoms. The predicted octanol–water partition coefficient (Wildman–Crippen LogP) is 1.14. The Hall–Kier alpha value is -1.05. The lowest BCUT2D eigenvalue weighted by Crippen LogP contribution is -2.38. The lowest BCUT2D eigenvalue weighted by Gasteiger charge is -2.24. The molecular formula is C12H17FN2O3S. The number of pyridine rings is 1. The second kappa shape index (κ2) is 5.52. The summed E-state index contributed by atoms with van der Waals surface area (Å²) in [5, 5.41) is 8.88. The second-order valence-electron chi connectivity index (χ2n) is 4.79. The van der Waals surface area contributed by atoms with Gasteiger partial charge in [0, 0.05) is 18.8 Å². The van der Waals surface area contributed by atoms with E-state index in [4.69, 9.17) is 0 Å². The molecule has 1 aliphatic heterocycles. The zero-order valence-electron chi connectivity index (χ0n) is 10.7. The Morgan fingerprint density at radius 3 is 3.00 bits per heavy atom. The van der Waals surface area contributed by atoms with Gasteiger partial charge in [-0.05, 0) is 38.3 Å². The maximum atomic E-state index is 13.6. The summed E-state index contributed by atoms with van der Waals surface area (Å²) >= 11 is 0. The Morgan fingerprint density at radius 1 is 1.63 bits per heavy atom. The van der Waals surface area contributed by atoms with Gasteiger partial charge in [0.2, 0.25) is 5.03 Å². The lowest BCUT2D eigenvalue weighted by molar-refractivity contribution is 0.157. The minimum Gasteiger partial charge on any atom is -0.393 e. The van der Waals surface area contributed by atoms with Crippen molar-refractivity contribution < 1.29 is 17.9 Å². The summed E-state index contributed by atoms with van der Waals surface area (Å²) in [4.78, 5) is 3.64. The molecule has 0 radical (unpaired) electrons. The third-order valence-electron chi connectivity index (χ3n) is 3.21. The zero-order valence-corrected chi connectivity index (χ0v) is 11.5. The van der Waals surface area contributed by atoms with Crippen LogP contribution < -0.4 is 0 Å². The highest BCUT2D eigenvalue weighted by atomic mass is 32.2. The van der Waals surface area contributed by atoms with Crippen molar-refractivity contribution >= 4 is 10.0 Å². The van der Waals surface area contributed by atoms with E-state index in [9.17, 15) is 17.9 Å². The molecule has 5 nitrogen and oxygen atoms in total. The van der Waals surface area contributed by atoms with Crippen LogP contribution in [0.2, 0.25) is 0 Å². The van der Waals surface area contributed by atoms with Crippen LogP contribution in [0.1, 0.15) is 26.2 Å². The van der Waals surface area contributed by atoms with E-state index in [1.54, 1.807) is 6.92 Å². The van der Waals surface area contributed by atoms with E-state index in [0.29, 0.717) is 25.8 Å². The molecule has 1 saturated heterocycles. The third kappa shape index (κ3) is 2.93. The van der Waals surface area contributed by atoms with Crippen molar-refractivity contribution in [1.82, 2.24) is 9.29 Å². The van der Waals surface area contributed by atoms with Gasteiger partial charge in [-0.25, -0.2) is 17.8 Å². The highest BCUT2D eigenvalue weighted by molar-refractivity contribution is 7.89. The fourth-order valence-electron chi connectivity index (χ4n) is 2.43. The first-order chi connectivity index (χ1) is 8.93. The first-order valence-corrected chi connectivity index (χ1v) is 7.67. The molecule has 0 saturated carbocycles. The average Bonchev–Trinajstić information content (AvgIpc) is 2.77. The van der Waals surface area contributed by atoms with Gasteiger partial charge in [-0.15, -0.1) is 0 Å². The van der Waals surface area contributed by atoms with E-state index in [0.717, 1.165) is 6.07 Å². The van der Waals surface area contributed by atoms with Crippen molar-refractivity contribution in [1.29, 1.82) is 0 Å². The van der Waals surface area contributed by atoms with E-state index < -0.39 is 27.0 Å². The smallest absolute Gasteiger partial charge is 0.263 e. The van der Waals surface area contributed by atoms with Gasteiger partial charge in [0.1, 0.15) is 0 Å². The molecule has 0 amide bonds. The van der Waals surface area contributed by atoms with Crippen LogP contribution in [-0.2, 0) is 10.0 Å². The number of aliphatic hydroxyl groups excluding tert-OH is 1. The normalized spacial score (nSPS) is 22.6. The monoisotopic (exact) mass is 288 g/mol. The quantitative estimate of drug-likeness (QED) is 0.902. The molecule has 2 atom stereocenters. The van der Waals surface area contributed by atoms with E-state index in [1.165, 1.54) is 16.6 Å². The van der Waals surface area contributed by atoms with Gasteiger partial charge in [0.05, 0.1) is 6.10 Å². The van der Waals surface area contributed by atoms with Gasteiger partial charge < -0.3 is 5.11 Å². The van der Waals surface area contributed by atoms with Crippen LogP contribution in [0.4, 0.5) is 4.39 Å². The number of sulfonamides is 1. The number of aliphatic hydroxyl groups is 1. The molecular weight excluding hydrogens is 271 g/mol. The van der Waals surface area contributed by atoms with Crippen molar-refractivity contribution in [2.45, 2.75) is 43.4 Å². The van der Waals surface area contributed by atoms with E-state index in [-0.39, 0.29) is 6.04 Å². The molecule has 1 aromatic heterocycles. The summed E-state index contributed by atoms with van der Waals surface area (Å²) in [6.07, 6.45) is 2.42. The fourth-order valence-corrected chi connectivity index (χ4v) is 4.11. The van der Waals surface area contributed by atoms with Gasteiger partial charge in [-0.3, -0.25) is 0 Å². The molecule has 7 heteroatoms. The van der Waals surface area contributed by atoms with Crippen molar-refractivity contribution in [2.24, 2.45) is 0 Å². The number of halogens is 1. The van der Waals surface area contributed by atoms with Crippen molar-refractivity contribution in [2.75, 3.05) is 6.54 Å². The molecule has 2 unspecified atom stereocenters. The Labute approximate surface area is 112 Å². The molecule has 0 aromatic carbocycles. The maximum Gasteiger partial charge on any atom is 0.263 e. The standard InChI is InChI=1S/C12H17FN2O3S/c1-9(16)8-10-4-3-7-15(10)19(17,18)12-11(13)5-2-6-14-12/h2,5-6,9-10,16H,3-4,7-8H2,1H3. The van der Waals surface area contributed by atoms with E-state index in [2.05, 4.69) is 4.98 Å². The van der Waals surface area contributed by atoms with Crippen molar-refractivity contribution in [3.63, 3.8) is 0 Å². The maximum absolute atomic E-state index is 13.6. The third-order valence-corrected chi connectivity index (χ3v) is 5.10. The summed E-state index contributed by atoms with van der Waals surface area (Å²) in [6, 6.07) is 2.15. The molecule has 2 rings (SSSR count). The second-order valence-corrected chi connectivity index (χ2v) is 6.59. The summed E-state index contributed by atoms with van der Waals surface area (Å²) < 4.78 is 39.6. The van der Waals surface area contributed by atoms with Gasteiger partial charge in [-0.2, -0.15) is 4.31 Å². The average molecular weight is 288 g/mol. The molecule has 0 bridgehead atoms. The largest absolute Gasteiger partial charge is 0.393 e. The van der Waals surface area contributed by atoms with Crippen molar-refractivity contribution in [3.8, 4) is 0 Å². The SMILES string of the molecule is CC(O)CC1CCCN1S(=O)(=O)c1ncccc1F. The van der Waals surface area contributed by atoms with Crippen LogP contribution in [0.3, 0.4) is 0 Å². The van der Waals surface area contributed by atoms with Crippen LogP contribution in [0.25, 0.3) is 0 Å². The lowest BCUT2D eigenvalue weighted by atomic mass is 10.1. The molecule has 1 aliphatic rings. The van der Waals surface area contributed by atoms with Crippen LogP contribution in [-0.4, -0.2) is 41.5 Å². The first-order valence-electron chi connectivity index (χ1n) is 6.23. The predicted molar refractivity (Wildman–Crippen MR) is 67.4 cm³/mol. The summed E-state index contributed by atoms with van der Waals surface area (Å²) in [5.74, 6) is -0.842. The van der Waals surface area contributed by atoms with E-state index >= 15 is 0 Å². The van der Waals surface area contributed by atoms with Gasteiger partial charge >= 0.3 is 0 Å². The summed E-state index contributed by atoms with van der Waals surface area (Å²) in [6.45, 7) is 1.96. The van der Waals surface area contributed by atoms with Crippen LogP contribution in [0.15, 0.2) is 23.4 Å². The number of hydrogen-bond donors (Lipinski definition) is 1. The molecule has 19 heavy (non-hydrogen) atoms. The number of hydrogen-bond acceptors (Lipinski definition) is 4. The molecule has 1 aromatic rings. The highest BCUT2D eigenvalue weighted by Gasteiger charge is 2.37. The van der Waals surface area contributed by atoms with Gasteiger partial charge in [0.15, 0.2) is 5.82 Å². The van der Waals surface area contributed by atoms with Crippen LogP contribution >= 0.6 is 0 Å². The Bertz CT molecular complexity index is 548. The van der Waals surface area contributed by atoms with Crippen LogP contribution in [0.5, 0.6) is 0 Å². The summed E-state index contributed by atoms with van der Waals surface area (Å²) in [7, 11) is -3.93. The number of nitrogens with zero attached hydrogens (tertiary/aromatic N) is 2. The van der Waals surface area contributed by atoms with E-state index in [1.807, 2.05) is 0 Å². The Kier molecular flexibility index (Phi) is 4.17. The molecule has 1 N–H and O–H groups in total. The molecule has 1 fully saturated rings. The Morgan fingerprint density at radius 2 is 2.37 bits per heavy atom. The van der Waals surface area contributed by atoms with Gasteiger partial charge in [-0.1, -0.05) is 0 Å². The van der Waals surface area contributed by atoms with Crippen LogP contribution in [0, 0.1) is 5.82 Å². The fraction of sp³-hybridized carbons (Fsp3) is 0.583. The minimum atomic E-state index is -3.93. The minimum absolute atomic E-state index is 0.286. The molecule has 0 aliphatic carbocycles. The first kappa shape index (κ1) is 14.4. The van der Waals surface area contributed by atoms with Gasteiger partial charge in [0.25, 0.3) is 10.0 Å². The summed E-state index contributed by atoms with van der Waals surface area (Å²) in [5.41, 5.74) is 0. The molecule has 2 heterocycles.